The molecule has 138 valence electrons. The van der Waals surface area contributed by atoms with E-state index in [1.807, 2.05) is 42.6 Å². The first-order valence-corrected chi connectivity index (χ1v) is 9.72. The molecule has 4 rings (SSSR count). The highest BCUT2D eigenvalue weighted by atomic mass is 32.1. The molecule has 0 aliphatic heterocycles. The number of H-pyrrole nitrogens is 1. The fourth-order valence-corrected chi connectivity index (χ4v) is 4.14. The number of thiazole rings is 1. The quantitative estimate of drug-likeness (QED) is 0.526. The zero-order valence-electron chi connectivity index (χ0n) is 15.3. The van der Waals surface area contributed by atoms with Crippen LogP contribution in [0.15, 0.2) is 48.7 Å². The third-order valence-electron chi connectivity index (χ3n) is 4.66. The van der Waals surface area contributed by atoms with Gasteiger partial charge in [-0.25, -0.2) is 4.98 Å². The first-order valence-electron chi connectivity index (χ1n) is 8.90. The third kappa shape index (κ3) is 3.66. The molecule has 0 radical (unpaired) electrons. The Hall–Kier alpha value is -2.86. The molecular weight excluding hydrogens is 358 g/mol. The number of carbonyl (C=O) groups is 1. The Labute approximate surface area is 161 Å². The minimum Gasteiger partial charge on any atom is -0.497 e. The van der Waals surface area contributed by atoms with E-state index in [0.29, 0.717) is 13.0 Å². The minimum absolute atomic E-state index is 0.00619. The Morgan fingerprint density at radius 2 is 2.15 bits per heavy atom. The molecule has 4 aromatic rings. The second-order valence-corrected chi connectivity index (χ2v) is 7.69. The molecule has 2 N–H and O–H groups in total. The topological polar surface area (TPSA) is 67.0 Å². The normalized spacial score (nSPS) is 12.4. The molecule has 2 heterocycles. The number of benzene rings is 2. The van der Waals surface area contributed by atoms with Gasteiger partial charge in [0, 0.05) is 29.6 Å². The van der Waals surface area contributed by atoms with Crippen molar-refractivity contribution in [2.75, 3.05) is 13.7 Å². The van der Waals surface area contributed by atoms with E-state index in [4.69, 9.17) is 4.74 Å². The first-order chi connectivity index (χ1) is 13.1. The number of hydrogen-bond donors (Lipinski definition) is 2. The number of carbonyl (C=O) groups excluding carboxylic acids is 1. The molecule has 6 heteroatoms. The minimum atomic E-state index is 0.00619. The number of nitrogens with zero attached hydrogens (tertiary/aromatic N) is 1. The van der Waals surface area contributed by atoms with E-state index in [1.165, 1.54) is 4.70 Å². The van der Waals surface area contributed by atoms with E-state index in [2.05, 4.69) is 28.3 Å². The van der Waals surface area contributed by atoms with Crippen molar-refractivity contribution in [3.8, 4) is 5.75 Å². The van der Waals surface area contributed by atoms with Crippen LogP contribution in [0.25, 0.3) is 21.1 Å². The van der Waals surface area contributed by atoms with Gasteiger partial charge < -0.3 is 15.0 Å². The van der Waals surface area contributed by atoms with Crippen LogP contribution in [-0.2, 0) is 11.2 Å². The maximum absolute atomic E-state index is 12.4. The van der Waals surface area contributed by atoms with Gasteiger partial charge in [-0.15, -0.1) is 11.3 Å². The zero-order valence-corrected chi connectivity index (χ0v) is 16.1. The Bertz CT molecular complexity index is 1070. The van der Waals surface area contributed by atoms with Crippen molar-refractivity contribution in [3.05, 3.63) is 59.2 Å². The van der Waals surface area contributed by atoms with Crippen molar-refractivity contribution >= 4 is 38.4 Å². The van der Waals surface area contributed by atoms with Gasteiger partial charge in [0.05, 0.1) is 28.8 Å². The number of aromatic amines is 1. The predicted octanol–water partition coefficient (Wildman–Crippen LogP) is 4.25. The summed E-state index contributed by atoms with van der Waals surface area (Å²) >= 11 is 1.69. The standard InChI is InChI=1S/C21H21N3O2S/c1-13(21-24-18-5-3-4-6-19(18)27-21)11-23-20(25)9-14-12-22-17-8-7-15(26-2)10-16(14)17/h3-8,10,12-13,22H,9,11H2,1-2H3,(H,23,25). The van der Waals surface area contributed by atoms with Crippen LogP contribution >= 0.6 is 11.3 Å². The van der Waals surface area contributed by atoms with E-state index >= 15 is 0 Å². The summed E-state index contributed by atoms with van der Waals surface area (Å²) in [5.74, 6) is 0.967. The zero-order chi connectivity index (χ0) is 18.8. The van der Waals surface area contributed by atoms with Crippen LogP contribution in [0.1, 0.15) is 23.4 Å². The predicted molar refractivity (Wildman–Crippen MR) is 110 cm³/mol. The monoisotopic (exact) mass is 379 g/mol. The van der Waals surface area contributed by atoms with Gasteiger partial charge in [0.15, 0.2) is 0 Å². The molecule has 1 amide bonds. The molecule has 2 aromatic carbocycles. The average molecular weight is 379 g/mol. The van der Waals surface area contributed by atoms with Gasteiger partial charge >= 0.3 is 0 Å². The Morgan fingerprint density at radius 3 is 2.96 bits per heavy atom. The highest BCUT2D eigenvalue weighted by molar-refractivity contribution is 7.18. The highest BCUT2D eigenvalue weighted by Gasteiger charge is 2.14. The van der Waals surface area contributed by atoms with Gasteiger partial charge in [-0.05, 0) is 35.9 Å². The lowest BCUT2D eigenvalue weighted by molar-refractivity contribution is -0.120. The molecule has 0 saturated carbocycles. The molecule has 1 unspecified atom stereocenters. The van der Waals surface area contributed by atoms with Gasteiger partial charge in [0.2, 0.25) is 5.91 Å². The summed E-state index contributed by atoms with van der Waals surface area (Å²) in [6.45, 7) is 2.67. The largest absolute Gasteiger partial charge is 0.497 e. The number of aromatic nitrogens is 2. The Morgan fingerprint density at radius 1 is 1.30 bits per heavy atom. The number of rotatable bonds is 6. The molecule has 1 atom stereocenters. The number of nitrogens with one attached hydrogen (secondary N) is 2. The van der Waals surface area contributed by atoms with Crippen molar-refractivity contribution in [2.45, 2.75) is 19.3 Å². The molecule has 0 aliphatic rings. The molecule has 2 aromatic heterocycles. The molecule has 5 nitrogen and oxygen atoms in total. The third-order valence-corrected chi connectivity index (χ3v) is 5.93. The van der Waals surface area contributed by atoms with Gasteiger partial charge in [0.1, 0.15) is 5.75 Å². The molecule has 0 aliphatic carbocycles. The Balaban J connectivity index is 1.40. The summed E-state index contributed by atoms with van der Waals surface area (Å²) in [7, 11) is 1.64. The second-order valence-electron chi connectivity index (χ2n) is 6.63. The SMILES string of the molecule is COc1ccc2[nH]cc(CC(=O)NCC(C)c3nc4ccccc4s3)c2c1. The first kappa shape index (κ1) is 17.5. The lowest BCUT2D eigenvalue weighted by atomic mass is 10.1. The number of hydrogen-bond acceptors (Lipinski definition) is 4. The van der Waals surface area contributed by atoms with Crippen LogP contribution in [0.2, 0.25) is 0 Å². The van der Waals surface area contributed by atoms with Crippen molar-refractivity contribution in [2.24, 2.45) is 0 Å². The van der Waals surface area contributed by atoms with Crippen molar-refractivity contribution in [1.82, 2.24) is 15.3 Å². The average Bonchev–Trinajstić information content (AvgIpc) is 3.30. The van der Waals surface area contributed by atoms with E-state index in [0.717, 1.165) is 32.7 Å². The number of para-hydroxylation sites is 1. The summed E-state index contributed by atoms with van der Waals surface area (Å²) in [6, 6.07) is 13.9. The smallest absolute Gasteiger partial charge is 0.224 e. The van der Waals surface area contributed by atoms with Crippen LogP contribution in [0.4, 0.5) is 0 Å². The number of fused-ring (bicyclic) bond motifs is 2. The summed E-state index contributed by atoms with van der Waals surface area (Å²) in [6.07, 6.45) is 2.22. The summed E-state index contributed by atoms with van der Waals surface area (Å²) in [5, 5.41) is 5.11. The summed E-state index contributed by atoms with van der Waals surface area (Å²) < 4.78 is 6.46. The van der Waals surface area contributed by atoms with Gasteiger partial charge in [-0.2, -0.15) is 0 Å². The van der Waals surface area contributed by atoms with E-state index in [-0.39, 0.29) is 11.8 Å². The van der Waals surface area contributed by atoms with Gasteiger partial charge in [0.25, 0.3) is 0 Å². The fraction of sp³-hybridized carbons (Fsp3) is 0.238. The maximum Gasteiger partial charge on any atom is 0.224 e. The van der Waals surface area contributed by atoms with Gasteiger partial charge in [-0.3, -0.25) is 4.79 Å². The maximum atomic E-state index is 12.4. The van der Waals surface area contributed by atoms with Crippen LogP contribution in [0.3, 0.4) is 0 Å². The van der Waals surface area contributed by atoms with E-state index in [1.54, 1.807) is 18.4 Å². The molecular formula is C21H21N3O2S. The summed E-state index contributed by atoms with van der Waals surface area (Å²) in [4.78, 5) is 20.3. The van der Waals surface area contributed by atoms with Crippen LogP contribution in [-0.4, -0.2) is 29.5 Å². The number of ether oxygens (including phenoxy) is 1. The van der Waals surface area contributed by atoms with Crippen molar-refractivity contribution < 1.29 is 9.53 Å². The van der Waals surface area contributed by atoms with E-state index in [9.17, 15) is 4.79 Å². The van der Waals surface area contributed by atoms with Crippen LogP contribution in [0.5, 0.6) is 5.75 Å². The lowest BCUT2D eigenvalue weighted by Crippen LogP contribution is -2.28. The van der Waals surface area contributed by atoms with Crippen LogP contribution < -0.4 is 10.1 Å². The Kier molecular flexibility index (Phi) is 4.81. The molecule has 0 spiro atoms. The second kappa shape index (κ2) is 7.40. The number of amides is 1. The molecule has 27 heavy (non-hydrogen) atoms. The van der Waals surface area contributed by atoms with Gasteiger partial charge in [-0.1, -0.05) is 19.1 Å². The molecule has 0 fully saturated rings. The summed E-state index contributed by atoms with van der Waals surface area (Å²) in [5.41, 5.74) is 2.99. The molecule has 0 bridgehead atoms. The van der Waals surface area contributed by atoms with Crippen molar-refractivity contribution in [1.29, 1.82) is 0 Å². The lowest BCUT2D eigenvalue weighted by Gasteiger charge is -2.10. The van der Waals surface area contributed by atoms with Crippen LogP contribution in [0, 0.1) is 0 Å². The highest BCUT2D eigenvalue weighted by Crippen LogP contribution is 2.27. The fourth-order valence-electron chi connectivity index (χ4n) is 3.12. The van der Waals surface area contributed by atoms with E-state index < -0.39 is 0 Å². The van der Waals surface area contributed by atoms with Crippen molar-refractivity contribution in [3.63, 3.8) is 0 Å². The number of methoxy groups -OCH3 is 1. The molecule has 0 saturated heterocycles.